The van der Waals surface area contributed by atoms with Crippen LogP contribution in [0.5, 0.6) is 0 Å². The van der Waals surface area contributed by atoms with Crippen LogP contribution in [0.2, 0.25) is 0 Å². The SMILES string of the molecule is CCNCc1cc(F)c(N(CC(C)C)C2CC2)c(F)c1. The smallest absolute Gasteiger partial charge is 0.149 e. The number of anilines is 1. The number of nitrogens with zero attached hydrogens (tertiary/aromatic N) is 1. The van der Waals surface area contributed by atoms with Gasteiger partial charge in [-0.25, -0.2) is 8.78 Å². The third-order valence-electron chi connectivity index (χ3n) is 3.49. The molecule has 20 heavy (non-hydrogen) atoms. The number of hydrogen-bond acceptors (Lipinski definition) is 2. The molecule has 2 nitrogen and oxygen atoms in total. The second-order valence-electron chi connectivity index (χ2n) is 5.97. The topological polar surface area (TPSA) is 15.3 Å². The first-order chi connectivity index (χ1) is 9.52. The van der Waals surface area contributed by atoms with Crippen molar-refractivity contribution in [2.24, 2.45) is 5.92 Å². The highest BCUT2D eigenvalue weighted by atomic mass is 19.1. The molecule has 0 saturated heterocycles. The van der Waals surface area contributed by atoms with Gasteiger partial charge in [-0.05, 0) is 43.0 Å². The third kappa shape index (κ3) is 3.69. The van der Waals surface area contributed by atoms with E-state index in [-0.39, 0.29) is 5.69 Å². The highest BCUT2D eigenvalue weighted by Crippen LogP contribution is 2.35. The van der Waals surface area contributed by atoms with Crippen LogP contribution in [-0.4, -0.2) is 19.1 Å². The lowest BCUT2D eigenvalue weighted by Crippen LogP contribution is -2.31. The van der Waals surface area contributed by atoms with Gasteiger partial charge < -0.3 is 10.2 Å². The summed E-state index contributed by atoms with van der Waals surface area (Å²) < 4.78 is 28.6. The summed E-state index contributed by atoms with van der Waals surface area (Å²) >= 11 is 0. The predicted molar refractivity (Wildman–Crippen MR) is 78.9 cm³/mol. The number of benzene rings is 1. The molecule has 1 N–H and O–H groups in total. The molecule has 1 aromatic rings. The summed E-state index contributed by atoms with van der Waals surface area (Å²) in [7, 11) is 0. The van der Waals surface area contributed by atoms with E-state index in [1.165, 1.54) is 12.1 Å². The molecule has 0 aromatic heterocycles. The third-order valence-corrected chi connectivity index (χ3v) is 3.49. The first kappa shape index (κ1) is 15.2. The van der Waals surface area contributed by atoms with Gasteiger partial charge in [-0.3, -0.25) is 0 Å². The maximum atomic E-state index is 14.3. The Morgan fingerprint density at radius 1 is 1.25 bits per heavy atom. The first-order valence-electron chi connectivity index (χ1n) is 7.48. The Labute approximate surface area is 120 Å². The van der Waals surface area contributed by atoms with Crippen LogP contribution in [0, 0.1) is 17.6 Å². The molecule has 1 aliphatic carbocycles. The minimum absolute atomic E-state index is 0.154. The quantitative estimate of drug-likeness (QED) is 0.820. The van der Waals surface area contributed by atoms with Crippen molar-refractivity contribution in [2.75, 3.05) is 18.0 Å². The standard InChI is InChI=1S/C16H24F2N2/c1-4-19-9-12-7-14(17)16(15(18)8-12)20(10-11(2)3)13-5-6-13/h7-8,11,13,19H,4-6,9-10H2,1-3H3. The van der Waals surface area contributed by atoms with E-state index < -0.39 is 11.6 Å². The van der Waals surface area contributed by atoms with Crippen LogP contribution < -0.4 is 10.2 Å². The zero-order valence-corrected chi connectivity index (χ0v) is 12.5. The summed E-state index contributed by atoms with van der Waals surface area (Å²) in [5.74, 6) is -0.494. The summed E-state index contributed by atoms with van der Waals surface area (Å²) in [6.45, 7) is 8.10. The Hall–Kier alpha value is -1.16. The second-order valence-corrected chi connectivity index (χ2v) is 5.97. The second kappa shape index (κ2) is 6.53. The van der Waals surface area contributed by atoms with E-state index in [9.17, 15) is 8.78 Å². The molecule has 0 radical (unpaired) electrons. The Balaban J connectivity index is 2.25. The molecule has 112 valence electrons. The molecule has 0 amide bonds. The van der Waals surface area contributed by atoms with E-state index in [2.05, 4.69) is 19.2 Å². The molecule has 1 aromatic carbocycles. The number of halogens is 2. The zero-order chi connectivity index (χ0) is 14.7. The molecule has 0 unspecified atom stereocenters. The Morgan fingerprint density at radius 2 is 1.85 bits per heavy atom. The van der Waals surface area contributed by atoms with Gasteiger partial charge in [-0.15, -0.1) is 0 Å². The van der Waals surface area contributed by atoms with Crippen LogP contribution in [0.25, 0.3) is 0 Å². The van der Waals surface area contributed by atoms with E-state index in [4.69, 9.17) is 0 Å². The minimum atomic E-state index is -0.439. The van der Waals surface area contributed by atoms with Gasteiger partial charge in [0, 0.05) is 19.1 Å². The van der Waals surface area contributed by atoms with Crippen LogP contribution >= 0.6 is 0 Å². The molecule has 0 atom stereocenters. The molecular formula is C16H24F2N2. The van der Waals surface area contributed by atoms with E-state index in [0.717, 1.165) is 19.4 Å². The van der Waals surface area contributed by atoms with Crippen molar-refractivity contribution in [3.63, 3.8) is 0 Å². The molecule has 1 fully saturated rings. The fourth-order valence-electron chi connectivity index (χ4n) is 2.47. The number of nitrogens with one attached hydrogen (secondary N) is 1. The van der Waals surface area contributed by atoms with Gasteiger partial charge in [0.25, 0.3) is 0 Å². The van der Waals surface area contributed by atoms with Gasteiger partial charge >= 0.3 is 0 Å². The highest BCUT2D eigenvalue weighted by molar-refractivity contribution is 5.52. The van der Waals surface area contributed by atoms with Gasteiger partial charge in [0.15, 0.2) is 0 Å². The zero-order valence-electron chi connectivity index (χ0n) is 12.5. The molecule has 0 spiro atoms. The maximum Gasteiger partial charge on any atom is 0.149 e. The lowest BCUT2D eigenvalue weighted by Gasteiger charge is -2.27. The molecule has 1 aliphatic rings. The number of hydrogen-bond donors (Lipinski definition) is 1. The number of rotatable bonds is 7. The van der Waals surface area contributed by atoms with Crippen molar-refractivity contribution in [3.05, 3.63) is 29.3 Å². The van der Waals surface area contributed by atoms with E-state index in [1.807, 2.05) is 11.8 Å². The van der Waals surface area contributed by atoms with Crippen molar-refractivity contribution < 1.29 is 8.78 Å². The van der Waals surface area contributed by atoms with Crippen LogP contribution in [0.1, 0.15) is 39.2 Å². The molecule has 0 heterocycles. The predicted octanol–water partition coefficient (Wildman–Crippen LogP) is 3.70. The van der Waals surface area contributed by atoms with Crippen LogP contribution in [0.3, 0.4) is 0 Å². The minimum Gasteiger partial charge on any atom is -0.364 e. The average molecular weight is 282 g/mol. The summed E-state index contributed by atoms with van der Waals surface area (Å²) in [5.41, 5.74) is 0.812. The molecule has 1 saturated carbocycles. The van der Waals surface area contributed by atoms with Gasteiger partial charge in [0.1, 0.15) is 17.3 Å². The lowest BCUT2D eigenvalue weighted by atomic mass is 10.1. The average Bonchev–Trinajstić information content (AvgIpc) is 3.18. The van der Waals surface area contributed by atoms with Gasteiger partial charge in [-0.2, -0.15) is 0 Å². The van der Waals surface area contributed by atoms with E-state index >= 15 is 0 Å². The van der Waals surface area contributed by atoms with Crippen LogP contribution in [0.15, 0.2) is 12.1 Å². The lowest BCUT2D eigenvalue weighted by molar-refractivity contribution is 0.541. The molecular weight excluding hydrogens is 258 g/mol. The van der Waals surface area contributed by atoms with Gasteiger partial charge in [-0.1, -0.05) is 20.8 Å². The van der Waals surface area contributed by atoms with Crippen LogP contribution in [0.4, 0.5) is 14.5 Å². The largest absolute Gasteiger partial charge is 0.364 e. The molecule has 2 rings (SSSR count). The van der Waals surface area contributed by atoms with E-state index in [1.54, 1.807) is 0 Å². The monoisotopic (exact) mass is 282 g/mol. The van der Waals surface area contributed by atoms with Crippen molar-refractivity contribution >= 4 is 5.69 Å². The first-order valence-corrected chi connectivity index (χ1v) is 7.48. The summed E-state index contributed by atoms with van der Waals surface area (Å²) in [5, 5.41) is 3.09. The van der Waals surface area contributed by atoms with Crippen molar-refractivity contribution in [1.29, 1.82) is 0 Å². The molecule has 0 aliphatic heterocycles. The fraction of sp³-hybridized carbons (Fsp3) is 0.625. The van der Waals surface area contributed by atoms with Gasteiger partial charge in [0.05, 0.1) is 0 Å². The Morgan fingerprint density at radius 3 is 2.30 bits per heavy atom. The molecule has 4 heteroatoms. The van der Waals surface area contributed by atoms with Crippen molar-refractivity contribution in [3.8, 4) is 0 Å². The molecule has 0 bridgehead atoms. The fourth-order valence-corrected chi connectivity index (χ4v) is 2.47. The van der Waals surface area contributed by atoms with Crippen LogP contribution in [-0.2, 0) is 6.54 Å². The summed E-state index contributed by atoms with van der Waals surface area (Å²) in [6, 6.07) is 3.22. The Kier molecular flexibility index (Phi) is 4.97. The maximum absolute atomic E-state index is 14.3. The van der Waals surface area contributed by atoms with Gasteiger partial charge in [0.2, 0.25) is 0 Å². The van der Waals surface area contributed by atoms with Crippen molar-refractivity contribution in [2.45, 2.75) is 46.2 Å². The summed E-state index contributed by atoms with van der Waals surface area (Å²) in [4.78, 5) is 1.91. The Bertz CT molecular complexity index is 433. The summed E-state index contributed by atoms with van der Waals surface area (Å²) in [6.07, 6.45) is 2.06. The normalized spacial score (nSPS) is 14.9. The van der Waals surface area contributed by atoms with Crippen molar-refractivity contribution in [1.82, 2.24) is 5.32 Å². The van der Waals surface area contributed by atoms with E-state index in [0.29, 0.717) is 30.6 Å². The highest BCUT2D eigenvalue weighted by Gasteiger charge is 2.32.